The molecule has 0 aromatic carbocycles. The Morgan fingerprint density at radius 2 is 1.88 bits per heavy atom. The van der Waals surface area contributed by atoms with Gasteiger partial charge in [0.05, 0.1) is 7.11 Å². The van der Waals surface area contributed by atoms with Gasteiger partial charge in [-0.05, 0) is 11.6 Å². The second kappa shape index (κ2) is 9.66. The summed E-state index contributed by atoms with van der Waals surface area (Å²) in [6, 6.07) is 0. The highest BCUT2D eigenvalue weighted by atomic mass is 35.5. The first-order chi connectivity index (χ1) is 3.65. The summed E-state index contributed by atoms with van der Waals surface area (Å²) >= 11 is 4.64. The number of methoxy groups -OCH3 is 1. The Morgan fingerprint density at radius 3 is 1.88 bits per heavy atom. The van der Waals surface area contributed by atoms with Gasteiger partial charge in [0, 0.05) is 6.92 Å². The van der Waals surface area contributed by atoms with Crippen LogP contribution in [-0.4, -0.2) is 18.8 Å². The van der Waals surface area contributed by atoms with E-state index in [1.807, 2.05) is 0 Å². The number of halogens is 1. The maximum Gasteiger partial charge on any atom is 0.292 e. The van der Waals surface area contributed by atoms with Crippen LogP contribution in [-0.2, 0) is 14.3 Å². The minimum atomic E-state index is -0.361. The standard InChI is InChI=1S/C2H3ClO.C2H4O2/c1-2(3)4;1-4-2-3/h1H3;2H,1H3. The number of hydrogen-bond donors (Lipinski definition) is 0. The molecule has 0 fully saturated rings. The third-order valence-corrected chi connectivity index (χ3v) is 0.0962. The Balaban J connectivity index is 0. The topological polar surface area (TPSA) is 43.4 Å². The average molecular weight is 139 g/mol. The fraction of sp³-hybridized carbons (Fsp3) is 0.500. The molecule has 0 rings (SSSR count). The van der Waals surface area contributed by atoms with E-state index in [0.717, 1.165) is 0 Å². The van der Waals surface area contributed by atoms with Crippen molar-refractivity contribution in [3.63, 3.8) is 0 Å². The SMILES string of the molecule is CC(=O)Cl.COC=O. The van der Waals surface area contributed by atoms with Crippen LogP contribution in [0.15, 0.2) is 0 Å². The van der Waals surface area contributed by atoms with Crippen molar-refractivity contribution in [2.24, 2.45) is 0 Å². The largest absolute Gasteiger partial charge is 0.471 e. The van der Waals surface area contributed by atoms with Gasteiger partial charge in [-0.15, -0.1) is 0 Å². The predicted octanol–water partition coefficient (Wildman–Crippen LogP) is 0.561. The van der Waals surface area contributed by atoms with Gasteiger partial charge in [-0.2, -0.15) is 0 Å². The van der Waals surface area contributed by atoms with E-state index in [2.05, 4.69) is 16.3 Å². The van der Waals surface area contributed by atoms with Crippen LogP contribution in [0.2, 0.25) is 0 Å². The zero-order valence-corrected chi connectivity index (χ0v) is 5.44. The van der Waals surface area contributed by atoms with Crippen LogP contribution in [0.1, 0.15) is 6.92 Å². The molecule has 0 amide bonds. The van der Waals surface area contributed by atoms with Crippen LogP contribution in [0.5, 0.6) is 0 Å². The molecule has 0 unspecified atom stereocenters. The summed E-state index contributed by atoms with van der Waals surface area (Å²) in [7, 11) is 1.31. The first-order valence-corrected chi connectivity index (χ1v) is 2.15. The molecule has 0 radical (unpaired) electrons. The summed E-state index contributed by atoms with van der Waals surface area (Å²) in [4.78, 5) is 18.2. The van der Waals surface area contributed by atoms with E-state index in [4.69, 9.17) is 4.79 Å². The number of rotatable bonds is 1. The summed E-state index contributed by atoms with van der Waals surface area (Å²) in [5.74, 6) is 0. The van der Waals surface area contributed by atoms with Crippen molar-refractivity contribution in [2.75, 3.05) is 7.11 Å². The van der Waals surface area contributed by atoms with Gasteiger partial charge >= 0.3 is 0 Å². The highest BCUT2D eigenvalue weighted by Crippen LogP contribution is 1.67. The predicted molar refractivity (Wildman–Crippen MR) is 29.6 cm³/mol. The number of carbonyl (C=O) groups excluding carboxylic acids is 2. The molecule has 0 saturated heterocycles. The molecule has 0 atom stereocenters. The van der Waals surface area contributed by atoms with Gasteiger partial charge in [0.1, 0.15) is 0 Å². The smallest absolute Gasteiger partial charge is 0.292 e. The maximum atomic E-state index is 9.21. The number of hydrogen-bond acceptors (Lipinski definition) is 3. The molecule has 0 aliphatic carbocycles. The van der Waals surface area contributed by atoms with Crippen molar-refractivity contribution in [1.29, 1.82) is 0 Å². The van der Waals surface area contributed by atoms with Crippen molar-refractivity contribution >= 4 is 23.3 Å². The van der Waals surface area contributed by atoms with Crippen LogP contribution in [0.25, 0.3) is 0 Å². The molecule has 0 heterocycles. The van der Waals surface area contributed by atoms with Gasteiger partial charge < -0.3 is 4.74 Å². The molecule has 4 heteroatoms. The van der Waals surface area contributed by atoms with Gasteiger partial charge in [0.2, 0.25) is 5.24 Å². The Hall–Kier alpha value is -0.570. The second-order valence-corrected chi connectivity index (χ2v) is 1.33. The van der Waals surface area contributed by atoms with Gasteiger partial charge in [0.25, 0.3) is 6.47 Å². The van der Waals surface area contributed by atoms with Crippen molar-refractivity contribution in [1.82, 2.24) is 0 Å². The summed E-state index contributed by atoms with van der Waals surface area (Å²) in [6.45, 7) is 1.67. The number of carbonyl (C=O) groups is 2. The normalized spacial score (nSPS) is 5.88. The van der Waals surface area contributed by atoms with Crippen molar-refractivity contribution < 1.29 is 14.3 Å². The monoisotopic (exact) mass is 138 g/mol. The van der Waals surface area contributed by atoms with E-state index in [0.29, 0.717) is 6.47 Å². The van der Waals surface area contributed by atoms with E-state index >= 15 is 0 Å². The van der Waals surface area contributed by atoms with Crippen LogP contribution in [0, 0.1) is 0 Å². The first-order valence-electron chi connectivity index (χ1n) is 1.77. The molecular formula is C4H7ClO3. The fourth-order valence-electron chi connectivity index (χ4n) is 0. The lowest BCUT2D eigenvalue weighted by Crippen LogP contribution is -1.68. The Labute approximate surface area is 52.6 Å². The second-order valence-electron chi connectivity index (χ2n) is 0.802. The lowest BCUT2D eigenvalue weighted by Gasteiger charge is -1.67. The Morgan fingerprint density at radius 1 is 1.75 bits per heavy atom. The Kier molecular flexibility index (Phi) is 12.6. The van der Waals surface area contributed by atoms with E-state index in [1.165, 1.54) is 14.0 Å². The lowest BCUT2D eigenvalue weighted by atomic mass is 10.9. The van der Waals surface area contributed by atoms with E-state index < -0.39 is 0 Å². The van der Waals surface area contributed by atoms with Gasteiger partial charge in [-0.1, -0.05) is 0 Å². The zero-order chi connectivity index (χ0) is 6.99. The van der Waals surface area contributed by atoms with Gasteiger partial charge in [0.15, 0.2) is 0 Å². The van der Waals surface area contributed by atoms with Crippen LogP contribution >= 0.6 is 11.6 Å². The highest BCUT2D eigenvalue weighted by molar-refractivity contribution is 6.62. The number of ether oxygens (including phenoxy) is 1. The molecule has 0 aromatic rings. The van der Waals surface area contributed by atoms with E-state index in [-0.39, 0.29) is 5.24 Å². The molecule has 0 N–H and O–H groups in total. The van der Waals surface area contributed by atoms with Crippen LogP contribution in [0.3, 0.4) is 0 Å². The minimum absolute atomic E-state index is 0.361. The third kappa shape index (κ3) is 576. The molecule has 0 spiro atoms. The average Bonchev–Trinajstić information content (AvgIpc) is 1.65. The quantitative estimate of drug-likeness (QED) is 0.393. The van der Waals surface area contributed by atoms with Gasteiger partial charge in [-0.3, -0.25) is 9.59 Å². The van der Waals surface area contributed by atoms with Gasteiger partial charge in [-0.25, -0.2) is 0 Å². The molecule has 0 aromatic heterocycles. The molecular weight excluding hydrogens is 131 g/mol. The van der Waals surface area contributed by atoms with Crippen LogP contribution < -0.4 is 0 Å². The molecule has 0 aliphatic rings. The maximum absolute atomic E-state index is 9.21. The molecule has 0 bridgehead atoms. The van der Waals surface area contributed by atoms with Crippen molar-refractivity contribution in [2.45, 2.75) is 6.92 Å². The third-order valence-electron chi connectivity index (χ3n) is 0.0962. The molecule has 48 valence electrons. The molecule has 0 saturated carbocycles. The summed E-state index contributed by atoms with van der Waals surface area (Å²) in [5.41, 5.74) is 0. The summed E-state index contributed by atoms with van der Waals surface area (Å²) in [6.07, 6.45) is 0. The van der Waals surface area contributed by atoms with E-state index in [1.54, 1.807) is 0 Å². The first kappa shape index (κ1) is 10.4. The van der Waals surface area contributed by atoms with E-state index in [9.17, 15) is 4.79 Å². The highest BCUT2D eigenvalue weighted by Gasteiger charge is 1.67. The van der Waals surface area contributed by atoms with Crippen molar-refractivity contribution in [3.8, 4) is 0 Å². The summed E-state index contributed by atoms with van der Waals surface area (Å²) in [5, 5.41) is -0.361. The molecule has 8 heavy (non-hydrogen) atoms. The molecule has 3 nitrogen and oxygen atoms in total. The fourth-order valence-corrected chi connectivity index (χ4v) is 0. The van der Waals surface area contributed by atoms with Crippen molar-refractivity contribution in [3.05, 3.63) is 0 Å². The zero-order valence-electron chi connectivity index (χ0n) is 4.68. The minimum Gasteiger partial charge on any atom is -0.471 e. The Bertz CT molecular complexity index is 67.7. The lowest BCUT2D eigenvalue weighted by molar-refractivity contribution is -0.126. The van der Waals surface area contributed by atoms with Crippen LogP contribution in [0.4, 0.5) is 0 Å². The molecule has 0 aliphatic heterocycles. The summed E-state index contributed by atoms with van der Waals surface area (Å²) < 4.78 is 3.86.